The van der Waals surface area contributed by atoms with E-state index in [-0.39, 0.29) is 11.6 Å². The quantitative estimate of drug-likeness (QED) is 0.758. The first kappa shape index (κ1) is 14.0. The molecule has 2 atom stereocenters. The Morgan fingerprint density at radius 3 is 2.29 bits per heavy atom. The third-order valence-corrected chi connectivity index (χ3v) is 3.32. The van der Waals surface area contributed by atoms with Crippen molar-refractivity contribution in [2.45, 2.75) is 58.0 Å². The molecule has 0 aromatic rings. The molecule has 1 heterocycles. The normalized spacial score (nSPS) is 28.4. The molecule has 0 spiro atoms. The van der Waals surface area contributed by atoms with Crippen molar-refractivity contribution >= 4 is 11.8 Å². The van der Waals surface area contributed by atoms with E-state index in [1.54, 1.807) is 14.2 Å². The predicted molar refractivity (Wildman–Crippen MR) is 70.9 cm³/mol. The minimum absolute atomic E-state index is 0.00600. The molecule has 0 unspecified atom stereocenters. The summed E-state index contributed by atoms with van der Waals surface area (Å²) in [6.45, 7) is 6.35. The Bertz CT molecular complexity index is 313. The van der Waals surface area contributed by atoms with Crippen LogP contribution in [0.1, 0.15) is 46.5 Å². The van der Waals surface area contributed by atoms with Crippen molar-refractivity contribution in [3.05, 3.63) is 0 Å². The average Bonchev–Trinajstić information content (AvgIpc) is 2.38. The van der Waals surface area contributed by atoms with Crippen LogP contribution in [0.15, 0.2) is 9.98 Å². The number of hydrogen-bond acceptors (Lipinski definition) is 4. The molecule has 0 radical (unpaired) electrons. The second-order valence-corrected chi connectivity index (χ2v) is 4.35. The third-order valence-electron chi connectivity index (χ3n) is 3.32. The molecule has 0 saturated heterocycles. The Morgan fingerprint density at radius 2 is 1.88 bits per heavy atom. The lowest BCUT2D eigenvalue weighted by molar-refractivity contribution is 0.300. The fourth-order valence-electron chi connectivity index (χ4n) is 2.32. The second-order valence-electron chi connectivity index (χ2n) is 4.35. The van der Waals surface area contributed by atoms with Crippen molar-refractivity contribution in [1.29, 1.82) is 0 Å². The van der Waals surface area contributed by atoms with Crippen molar-refractivity contribution in [1.82, 2.24) is 0 Å². The SMILES string of the molecule is CCC[C@@]1(CC)N=C(OC)[C@H](CC)N=C1OC. The summed E-state index contributed by atoms with van der Waals surface area (Å²) in [4.78, 5) is 9.44. The van der Waals surface area contributed by atoms with Gasteiger partial charge in [0.1, 0.15) is 11.6 Å². The van der Waals surface area contributed by atoms with E-state index in [4.69, 9.17) is 14.5 Å². The zero-order chi connectivity index (χ0) is 12.9. The summed E-state index contributed by atoms with van der Waals surface area (Å²) >= 11 is 0. The molecule has 0 saturated carbocycles. The van der Waals surface area contributed by atoms with Gasteiger partial charge in [-0.05, 0) is 19.3 Å². The molecule has 1 aliphatic rings. The first-order chi connectivity index (χ1) is 8.17. The molecule has 98 valence electrons. The summed E-state index contributed by atoms with van der Waals surface area (Å²) in [5, 5.41) is 0. The molecule has 17 heavy (non-hydrogen) atoms. The van der Waals surface area contributed by atoms with E-state index in [0.717, 1.165) is 37.5 Å². The van der Waals surface area contributed by atoms with Gasteiger partial charge in [-0.25, -0.2) is 9.98 Å². The molecule has 0 fully saturated rings. The van der Waals surface area contributed by atoms with Gasteiger partial charge in [0, 0.05) is 0 Å². The van der Waals surface area contributed by atoms with Crippen LogP contribution in [0, 0.1) is 0 Å². The van der Waals surface area contributed by atoms with Gasteiger partial charge in [-0.15, -0.1) is 0 Å². The maximum Gasteiger partial charge on any atom is 0.212 e. The van der Waals surface area contributed by atoms with Crippen LogP contribution in [-0.2, 0) is 9.47 Å². The highest BCUT2D eigenvalue weighted by atomic mass is 16.5. The van der Waals surface area contributed by atoms with E-state index in [0.29, 0.717) is 0 Å². The maximum absolute atomic E-state index is 5.46. The molecule has 0 aromatic carbocycles. The third kappa shape index (κ3) is 2.61. The first-order valence-corrected chi connectivity index (χ1v) is 6.43. The highest BCUT2D eigenvalue weighted by Gasteiger charge is 2.40. The summed E-state index contributed by atoms with van der Waals surface area (Å²) in [5.74, 6) is 1.50. The molecule has 1 aliphatic heterocycles. The molecular weight excluding hydrogens is 216 g/mol. The van der Waals surface area contributed by atoms with Gasteiger partial charge in [-0.1, -0.05) is 27.2 Å². The molecule has 0 amide bonds. The van der Waals surface area contributed by atoms with Crippen molar-refractivity contribution in [2.75, 3.05) is 14.2 Å². The fraction of sp³-hybridized carbons (Fsp3) is 0.846. The molecule has 0 N–H and O–H groups in total. The van der Waals surface area contributed by atoms with Crippen LogP contribution in [-0.4, -0.2) is 37.6 Å². The van der Waals surface area contributed by atoms with E-state index in [1.165, 1.54) is 0 Å². The van der Waals surface area contributed by atoms with Gasteiger partial charge in [0.15, 0.2) is 0 Å². The van der Waals surface area contributed by atoms with Crippen LogP contribution < -0.4 is 0 Å². The van der Waals surface area contributed by atoms with Gasteiger partial charge >= 0.3 is 0 Å². The van der Waals surface area contributed by atoms with E-state index >= 15 is 0 Å². The summed E-state index contributed by atoms with van der Waals surface area (Å²) in [6, 6.07) is 0.00600. The molecular formula is C13H24N2O2. The van der Waals surface area contributed by atoms with Gasteiger partial charge in [0.2, 0.25) is 11.8 Å². The van der Waals surface area contributed by atoms with Crippen molar-refractivity contribution < 1.29 is 9.47 Å². The number of nitrogens with zero attached hydrogens (tertiary/aromatic N) is 2. The highest BCUT2D eigenvalue weighted by molar-refractivity contribution is 5.96. The van der Waals surface area contributed by atoms with E-state index in [2.05, 4.69) is 25.8 Å². The molecule has 1 rings (SSSR count). The number of ether oxygens (including phenoxy) is 2. The number of methoxy groups -OCH3 is 2. The van der Waals surface area contributed by atoms with Gasteiger partial charge in [0.25, 0.3) is 0 Å². The second kappa shape index (κ2) is 6.03. The maximum atomic E-state index is 5.46. The lowest BCUT2D eigenvalue weighted by Crippen LogP contribution is -2.44. The van der Waals surface area contributed by atoms with Crippen molar-refractivity contribution in [2.24, 2.45) is 9.98 Å². The topological polar surface area (TPSA) is 43.2 Å². The summed E-state index contributed by atoms with van der Waals surface area (Å²) in [6.07, 6.45) is 3.76. The average molecular weight is 240 g/mol. The Kier molecular flexibility index (Phi) is 4.97. The lowest BCUT2D eigenvalue weighted by atomic mass is 9.89. The Hall–Kier alpha value is -1.06. The van der Waals surface area contributed by atoms with Crippen molar-refractivity contribution in [3.8, 4) is 0 Å². The minimum Gasteiger partial charge on any atom is -0.483 e. The van der Waals surface area contributed by atoms with E-state index < -0.39 is 0 Å². The smallest absolute Gasteiger partial charge is 0.212 e. The summed E-state index contributed by atoms with van der Waals surface area (Å²) in [7, 11) is 3.35. The number of rotatable bonds is 4. The Balaban J connectivity index is 3.13. The van der Waals surface area contributed by atoms with Crippen LogP contribution >= 0.6 is 0 Å². The van der Waals surface area contributed by atoms with E-state index in [9.17, 15) is 0 Å². The molecule has 0 aromatic heterocycles. The monoisotopic (exact) mass is 240 g/mol. The largest absolute Gasteiger partial charge is 0.483 e. The van der Waals surface area contributed by atoms with Crippen LogP contribution in [0.25, 0.3) is 0 Å². The lowest BCUT2D eigenvalue weighted by Gasteiger charge is -2.34. The fourth-order valence-corrected chi connectivity index (χ4v) is 2.32. The summed E-state index contributed by atoms with van der Waals surface area (Å²) in [5.41, 5.74) is -0.319. The van der Waals surface area contributed by atoms with Crippen LogP contribution in [0.5, 0.6) is 0 Å². The summed E-state index contributed by atoms with van der Waals surface area (Å²) < 4.78 is 10.8. The van der Waals surface area contributed by atoms with Gasteiger partial charge in [-0.3, -0.25) is 0 Å². The van der Waals surface area contributed by atoms with Crippen LogP contribution in [0.2, 0.25) is 0 Å². The molecule has 4 heteroatoms. The van der Waals surface area contributed by atoms with Gasteiger partial charge in [0.05, 0.1) is 14.2 Å². The number of hydrogen-bond donors (Lipinski definition) is 0. The van der Waals surface area contributed by atoms with Crippen molar-refractivity contribution in [3.63, 3.8) is 0 Å². The van der Waals surface area contributed by atoms with Crippen LogP contribution in [0.3, 0.4) is 0 Å². The standard InChI is InChI=1S/C13H24N2O2/c1-6-9-13(8-3)12(17-5)14-10(7-2)11(15-13)16-4/h10H,6-9H2,1-5H3/t10-,13+/m0/s1. The Morgan fingerprint density at radius 1 is 1.18 bits per heavy atom. The predicted octanol–water partition coefficient (Wildman–Crippen LogP) is 2.82. The zero-order valence-electron chi connectivity index (χ0n) is 11.6. The van der Waals surface area contributed by atoms with Gasteiger partial charge < -0.3 is 9.47 Å². The molecule has 4 nitrogen and oxygen atoms in total. The van der Waals surface area contributed by atoms with Gasteiger partial charge in [-0.2, -0.15) is 0 Å². The van der Waals surface area contributed by atoms with Crippen LogP contribution in [0.4, 0.5) is 0 Å². The Labute approximate surface area is 104 Å². The first-order valence-electron chi connectivity index (χ1n) is 6.43. The number of aliphatic imine (C=N–C) groups is 2. The minimum atomic E-state index is -0.319. The zero-order valence-corrected chi connectivity index (χ0v) is 11.6. The molecule has 0 bridgehead atoms. The van der Waals surface area contributed by atoms with E-state index in [1.807, 2.05) is 0 Å². The molecule has 0 aliphatic carbocycles. The highest BCUT2D eigenvalue weighted by Crippen LogP contribution is 2.30.